The molecule has 0 spiro atoms. The minimum absolute atomic E-state index is 0.288. The van der Waals surface area contributed by atoms with Crippen LogP contribution in [-0.4, -0.2) is 22.6 Å². The highest BCUT2D eigenvalue weighted by atomic mass is 16.5. The first-order valence-corrected chi connectivity index (χ1v) is 6.47. The smallest absolute Gasteiger partial charge is 0.338 e. The molecule has 1 aliphatic rings. The summed E-state index contributed by atoms with van der Waals surface area (Å²) in [6, 6.07) is 7.55. The van der Waals surface area contributed by atoms with Crippen LogP contribution in [0.25, 0.3) is 0 Å². The second-order valence-corrected chi connectivity index (χ2v) is 4.84. The van der Waals surface area contributed by atoms with E-state index in [-0.39, 0.29) is 5.97 Å². The minimum atomic E-state index is -0.288. The first-order chi connectivity index (χ1) is 9.29. The third-order valence-corrected chi connectivity index (χ3v) is 3.45. The number of methoxy groups -OCH3 is 1. The van der Waals surface area contributed by atoms with Crippen molar-refractivity contribution in [3.05, 3.63) is 53.6 Å². The molecule has 0 saturated heterocycles. The predicted molar refractivity (Wildman–Crippen MR) is 71.1 cm³/mol. The van der Waals surface area contributed by atoms with Gasteiger partial charge in [0, 0.05) is 24.9 Å². The zero-order chi connectivity index (χ0) is 13.2. The lowest BCUT2D eigenvalue weighted by Gasteiger charge is -2.10. The number of aromatic nitrogens is 2. The average Bonchev–Trinajstić information content (AvgIpc) is 3.19. The number of hydrogen-bond donors (Lipinski definition) is 0. The molecule has 0 radical (unpaired) electrons. The molecule has 0 N–H and O–H groups in total. The van der Waals surface area contributed by atoms with Crippen LogP contribution in [0.4, 0.5) is 0 Å². The summed E-state index contributed by atoms with van der Waals surface area (Å²) >= 11 is 0. The van der Waals surface area contributed by atoms with E-state index < -0.39 is 0 Å². The number of carbonyl (C=O) groups is 1. The van der Waals surface area contributed by atoms with Crippen LogP contribution in [0.3, 0.4) is 0 Å². The Balaban J connectivity index is 1.90. The van der Waals surface area contributed by atoms with Crippen LogP contribution in [0.1, 0.15) is 40.5 Å². The molecule has 1 aliphatic carbocycles. The fourth-order valence-electron chi connectivity index (χ4n) is 2.31. The first-order valence-electron chi connectivity index (χ1n) is 6.47. The Morgan fingerprint density at radius 1 is 1.42 bits per heavy atom. The first kappa shape index (κ1) is 12.0. The quantitative estimate of drug-likeness (QED) is 0.790. The summed E-state index contributed by atoms with van der Waals surface area (Å²) < 4.78 is 6.95. The standard InChI is InChI=1S/C15H16N2O2/c1-19-15(18)13-5-3-2-4-12(13)10-17-9-8-16-14(17)11-6-7-11/h2-5,8-9,11H,6-7,10H2,1H3. The summed E-state index contributed by atoms with van der Waals surface area (Å²) in [5.41, 5.74) is 1.59. The van der Waals surface area contributed by atoms with Gasteiger partial charge < -0.3 is 9.30 Å². The summed E-state index contributed by atoms with van der Waals surface area (Å²) in [4.78, 5) is 16.2. The van der Waals surface area contributed by atoms with Crippen LogP contribution in [0.2, 0.25) is 0 Å². The van der Waals surface area contributed by atoms with Gasteiger partial charge in [0.25, 0.3) is 0 Å². The van der Waals surface area contributed by atoms with Crippen LogP contribution in [0.5, 0.6) is 0 Å². The number of esters is 1. The largest absolute Gasteiger partial charge is 0.465 e. The molecule has 0 atom stereocenters. The van der Waals surface area contributed by atoms with E-state index in [2.05, 4.69) is 9.55 Å². The van der Waals surface area contributed by atoms with Crippen molar-refractivity contribution in [2.45, 2.75) is 25.3 Å². The van der Waals surface area contributed by atoms with Gasteiger partial charge in [0.2, 0.25) is 0 Å². The molecule has 1 saturated carbocycles. The maximum absolute atomic E-state index is 11.7. The van der Waals surface area contributed by atoms with Crippen molar-refractivity contribution in [3.63, 3.8) is 0 Å². The highest BCUT2D eigenvalue weighted by Gasteiger charge is 2.28. The van der Waals surface area contributed by atoms with Gasteiger partial charge in [0.15, 0.2) is 0 Å². The summed E-state index contributed by atoms with van der Waals surface area (Å²) in [6.45, 7) is 0.664. The van der Waals surface area contributed by atoms with E-state index in [0.717, 1.165) is 11.4 Å². The van der Waals surface area contributed by atoms with E-state index in [1.165, 1.54) is 20.0 Å². The third-order valence-electron chi connectivity index (χ3n) is 3.45. The van der Waals surface area contributed by atoms with Crippen molar-refractivity contribution in [2.24, 2.45) is 0 Å². The molecular weight excluding hydrogens is 240 g/mol. The van der Waals surface area contributed by atoms with Crippen LogP contribution in [0, 0.1) is 0 Å². The van der Waals surface area contributed by atoms with Crippen LogP contribution in [0.15, 0.2) is 36.7 Å². The topological polar surface area (TPSA) is 44.1 Å². The Bertz CT molecular complexity index is 600. The van der Waals surface area contributed by atoms with Crippen molar-refractivity contribution in [2.75, 3.05) is 7.11 Å². The number of carbonyl (C=O) groups excluding carboxylic acids is 1. The monoisotopic (exact) mass is 256 g/mol. The Labute approximate surface area is 112 Å². The lowest BCUT2D eigenvalue weighted by molar-refractivity contribution is 0.0599. The fraction of sp³-hybridized carbons (Fsp3) is 0.333. The number of nitrogens with zero attached hydrogens (tertiary/aromatic N) is 2. The second kappa shape index (κ2) is 4.88. The van der Waals surface area contributed by atoms with Gasteiger partial charge >= 0.3 is 5.97 Å². The zero-order valence-corrected chi connectivity index (χ0v) is 10.9. The molecule has 1 aromatic heterocycles. The van der Waals surface area contributed by atoms with E-state index in [1.807, 2.05) is 30.6 Å². The minimum Gasteiger partial charge on any atom is -0.465 e. The Kier molecular flexibility index (Phi) is 3.07. The Morgan fingerprint density at radius 3 is 2.95 bits per heavy atom. The second-order valence-electron chi connectivity index (χ2n) is 4.84. The third kappa shape index (κ3) is 2.38. The molecular formula is C15H16N2O2. The molecule has 1 heterocycles. The molecule has 2 aromatic rings. The highest BCUT2D eigenvalue weighted by molar-refractivity contribution is 5.90. The van der Waals surface area contributed by atoms with Gasteiger partial charge in [0.05, 0.1) is 12.7 Å². The van der Waals surface area contributed by atoms with Gasteiger partial charge in [0.1, 0.15) is 5.82 Å². The van der Waals surface area contributed by atoms with Crippen molar-refractivity contribution >= 4 is 5.97 Å². The molecule has 4 nitrogen and oxygen atoms in total. The zero-order valence-electron chi connectivity index (χ0n) is 10.9. The van der Waals surface area contributed by atoms with Gasteiger partial charge in [-0.1, -0.05) is 18.2 Å². The number of rotatable bonds is 4. The van der Waals surface area contributed by atoms with Crippen molar-refractivity contribution in [1.82, 2.24) is 9.55 Å². The van der Waals surface area contributed by atoms with Crippen LogP contribution >= 0.6 is 0 Å². The SMILES string of the molecule is COC(=O)c1ccccc1Cn1ccnc1C1CC1. The average molecular weight is 256 g/mol. The molecule has 4 heteroatoms. The number of ether oxygens (including phenoxy) is 1. The highest BCUT2D eigenvalue weighted by Crippen LogP contribution is 2.39. The molecule has 1 fully saturated rings. The summed E-state index contributed by atoms with van der Waals surface area (Å²) in [5.74, 6) is 1.43. The molecule has 0 amide bonds. The van der Waals surface area contributed by atoms with E-state index >= 15 is 0 Å². The van der Waals surface area contributed by atoms with Gasteiger partial charge in [-0.3, -0.25) is 0 Å². The summed E-state index contributed by atoms with van der Waals surface area (Å²) in [6.07, 6.45) is 6.24. The molecule has 98 valence electrons. The molecule has 0 aliphatic heterocycles. The van der Waals surface area contributed by atoms with E-state index in [4.69, 9.17) is 4.74 Å². The molecule has 3 rings (SSSR count). The number of hydrogen-bond acceptors (Lipinski definition) is 3. The lowest BCUT2D eigenvalue weighted by Crippen LogP contribution is -2.10. The van der Waals surface area contributed by atoms with Crippen LogP contribution in [-0.2, 0) is 11.3 Å². The predicted octanol–water partition coefficient (Wildman–Crippen LogP) is 2.60. The van der Waals surface area contributed by atoms with Crippen LogP contribution < -0.4 is 0 Å². The fourth-order valence-corrected chi connectivity index (χ4v) is 2.31. The summed E-state index contributed by atoms with van der Waals surface area (Å²) in [5, 5.41) is 0. The lowest BCUT2D eigenvalue weighted by atomic mass is 10.1. The van der Waals surface area contributed by atoms with E-state index in [9.17, 15) is 4.79 Å². The van der Waals surface area contributed by atoms with Gasteiger partial charge in [-0.2, -0.15) is 0 Å². The Morgan fingerprint density at radius 2 is 2.21 bits per heavy atom. The molecule has 19 heavy (non-hydrogen) atoms. The molecule has 0 unspecified atom stereocenters. The van der Waals surface area contributed by atoms with E-state index in [1.54, 1.807) is 6.07 Å². The maximum atomic E-state index is 11.7. The number of benzene rings is 1. The van der Waals surface area contributed by atoms with Crippen molar-refractivity contribution in [1.29, 1.82) is 0 Å². The van der Waals surface area contributed by atoms with Gasteiger partial charge in [-0.05, 0) is 24.5 Å². The van der Waals surface area contributed by atoms with E-state index in [0.29, 0.717) is 18.0 Å². The van der Waals surface area contributed by atoms with Crippen molar-refractivity contribution in [3.8, 4) is 0 Å². The molecule has 0 bridgehead atoms. The van der Waals surface area contributed by atoms with Gasteiger partial charge in [-0.15, -0.1) is 0 Å². The normalized spacial score (nSPS) is 14.4. The number of imidazole rings is 1. The van der Waals surface area contributed by atoms with Gasteiger partial charge in [-0.25, -0.2) is 9.78 Å². The molecule has 1 aromatic carbocycles. The summed E-state index contributed by atoms with van der Waals surface area (Å²) in [7, 11) is 1.41. The maximum Gasteiger partial charge on any atom is 0.338 e. The van der Waals surface area contributed by atoms with Crippen molar-refractivity contribution < 1.29 is 9.53 Å². The Hall–Kier alpha value is -2.10.